The summed E-state index contributed by atoms with van der Waals surface area (Å²) >= 11 is 5.81. The lowest BCUT2D eigenvalue weighted by Gasteiger charge is -2.36. The van der Waals surface area contributed by atoms with Gasteiger partial charge in [0.25, 0.3) is 11.6 Å². The summed E-state index contributed by atoms with van der Waals surface area (Å²) in [4.78, 5) is 27.7. The molecule has 3 rings (SSSR count). The summed E-state index contributed by atoms with van der Waals surface area (Å²) in [6, 6.07) is 9.81. The van der Waals surface area contributed by atoms with Gasteiger partial charge in [0.2, 0.25) is 0 Å². The maximum atomic E-state index is 12.5. The Hall–Kier alpha value is -2.64. The number of carbonyl (C=O) groups excluding carboxylic acids is 1. The molecule has 0 atom stereocenters. The lowest BCUT2D eigenvalue weighted by Crippen LogP contribution is -2.46. The van der Waals surface area contributed by atoms with E-state index in [-0.39, 0.29) is 16.3 Å². The van der Waals surface area contributed by atoms with Crippen LogP contribution in [-0.2, 0) is 0 Å². The van der Waals surface area contributed by atoms with Gasteiger partial charge in [0.1, 0.15) is 5.02 Å². The largest absolute Gasteiger partial charge is 0.369 e. The molecule has 1 amide bonds. The number of aryl methyl sites for hydroxylation is 1. The fraction of sp³-hybridized carbons (Fsp3) is 0.350. The van der Waals surface area contributed by atoms with Gasteiger partial charge in [0.05, 0.1) is 4.92 Å². The number of benzene rings is 2. The van der Waals surface area contributed by atoms with Crippen LogP contribution < -0.4 is 10.2 Å². The van der Waals surface area contributed by atoms with Crippen molar-refractivity contribution in [3.05, 3.63) is 62.7 Å². The summed E-state index contributed by atoms with van der Waals surface area (Å²) in [7, 11) is 0. The highest BCUT2D eigenvalue weighted by Crippen LogP contribution is 2.27. The normalized spacial score (nSPS) is 14.8. The van der Waals surface area contributed by atoms with Crippen molar-refractivity contribution >= 4 is 34.6 Å². The fourth-order valence-electron chi connectivity index (χ4n) is 3.39. The molecule has 1 aliphatic heterocycles. The lowest BCUT2D eigenvalue weighted by atomic mass is 10.1. The number of amides is 1. The van der Waals surface area contributed by atoms with Crippen LogP contribution in [0.15, 0.2) is 36.4 Å². The molecule has 28 heavy (non-hydrogen) atoms. The van der Waals surface area contributed by atoms with Gasteiger partial charge in [-0.1, -0.05) is 18.5 Å². The Morgan fingerprint density at radius 3 is 2.50 bits per heavy atom. The zero-order valence-electron chi connectivity index (χ0n) is 15.9. The number of nitro groups is 1. The number of hydrogen-bond donors (Lipinski definition) is 1. The van der Waals surface area contributed by atoms with E-state index in [4.69, 9.17) is 11.6 Å². The highest BCUT2D eigenvalue weighted by atomic mass is 35.5. The van der Waals surface area contributed by atoms with Crippen LogP contribution in [0.1, 0.15) is 22.8 Å². The zero-order chi connectivity index (χ0) is 20.3. The first-order chi connectivity index (χ1) is 13.4. The van der Waals surface area contributed by atoms with Crippen LogP contribution in [0.5, 0.6) is 0 Å². The van der Waals surface area contributed by atoms with Crippen LogP contribution in [0.4, 0.5) is 17.1 Å². The molecule has 0 radical (unpaired) electrons. The minimum Gasteiger partial charge on any atom is -0.369 e. The molecule has 1 heterocycles. The predicted octanol–water partition coefficient (Wildman–Crippen LogP) is 3.95. The molecule has 0 aliphatic carbocycles. The number of halogens is 1. The van der Waals surface area contributed by atoms with Crippen molar-refractivity contribution in [1.29, 1.82) is 0 Å². The van der Waals surface area contributed by atoms with E-state index < -0.39 is 10.8 Å². The van der Waals surface area contributed by atoms with Gasteiger partial charge in [-0.15, -0.1) is 0 Å². The van der Waals surface area contributed by atoms with Crippen LogP contribution in [0, 0.1) is 17.0 Å². The maximum Gasteiger partial charge on any atom is 0.288 e. The molecular weight excluding hydrogens is 380 g/mol. The van der Waals surface area contributed by atoms with Gasteiger partial charge < -0.3 is 15.1 Å². The number of anilines is 2. The Bertz CT molecular complexity index is 895. The number of nitrogens with zero attached hydrogens (tertiary/aromatic N) is 3. The second-order valence-corrected chi connectivity index (χ2v) is 7.21. The van der Waals surface area contributed by atoms with Gasteiger partial charge in [-0.3, -0.25) is 14.9 Å². The van der Waals surface area contributed by atoms with E-state index in [9.17, 15) is 14.9 Å². The van der Waals surface area contributed by atoms with Gasteiger partial charge in [0, 0.05) is 49.2 Å². The molecule has 0 aromatic heterocycles. The van der Waals surface area contributed by atoms with Crippen LogP contribution in [0.25, 0.3) is 0 Å². The van der Waals surface area contributed by atoms with E-state index in [1.54, 1.807) is 0 Å². The summed E-state index contributed by atoms with van der Waals surface area (Å²) in [6.45, 7) is 9.32. The Balaban J connectivity index is 1.72. The van der Waals surface area contributed by atoms with Crippen molar-refractivity contribution in [2.24, 2.45) is 0 Å². The number of nitro benzene ring substituents is 1. The molecule has 148 valence electrons. The third-order valence-corrected chi connectivity index (χ3v) is 5.34. The van der Waals surface area contributed by atoms with Crippen molar-refractivity contribution < 1.29 is 9.72 Å². The van der Waals surface area contributed by atoms with E-state index in [1.807, 2.05) is 25.1 Å². The minimum atomic E-state index is -0.601. The van der Waals surface area contributed by atoms with E-state index >= 15 is 0 Å². The van der Waals surface area contributed by atoms with Crippen LogP contribution in [0.3, 0.4) is 0 Å². The first-order valence-electron chi connectivity index (χ1n) is 9.22. The first kappa shape index (κ1) is 20.1. The molecule has 0 saturated carbocycles. The van der Waals surface area contributed by atoms with Crippen LogP contribution in [0.2, 0.25) is 5.02 Å². The summed E-state index contributed by atoms with van der Waals surface area (Å²) in [5.74, 6) is -0.413. The summed E-state index contributed by atoms with van der Waals surface area (Å²) < 4.78 is 0. The molecule has 0 bridgehead atoms. The molecule has 1 N–H and O–H groups in total. The molecule has 2 aromatic carbocycles. The van der Waals surface area contributed by atoms with Crippen LogP contribution in [-0.4, -0.2) is 48.5 Å². The molecule has 0 unspecified atom stereocenters. The Labute approximate surface area is 169 Å². The van der Waals surface area contributed by atoms with E-state index in [2.05, 4.69) is 22.0 Å². The average Bonchev–Trinajstić information content (AvgIpc) is 2.68. The van der Waals surface area contributed by atoms with E-state index in [1.165, 1.54) is 18.2 Å². The molecule has 1 saturated heterocycles. The van der Waals surface area contributed by atoms with Crippen molar-refractivity contribution in [2.45, 2.75) is 13.8 Å². The molecule has 8 heteroatoms. The molecule has 1 fully saturated rings. The van der Waals surface area contributed by atoms with Crippen molar-refractivity contribution in [1.82, 2.24) is 4.90 Å². The van der Waals surface area contributed by atoms with Gasteiger partial charge in [0.15, 0.2) is 0 Å². The topological polar surface area (TPSA) is 78.7 Å². The maximum absolute atomic E-state index is 12.5. The molecule has 0 spiro atoms. The van der Waals surface area contributed by atoms with Gasteiger partial charge >= 0.3 is 0 Å². The number of hydrogen-bond acceptors (Lipinski definition) is 5. The number of carbonyl (C=O) groups is 1. The monoisotopic (exact) mass is 402 g/mol. The highest BCUT2D eigenvalue weighted by molar-refractivity contribution is 6.32. The van der Waals surface area contributed by atoms with Gasteiger partial charge in [-0.05, 0) is 49.4 Å². The molecule has 1 aliphatic rings. The molecular formula is C20H23ClN4O3. The fourth-order valence-corrected chi connectivity index (χ4v) is 3.58. The number of likely N-dealkylation sites (N-methyl/N-ethyl adjacent to an activating group) is 1. The van der Waals surface area contributed by atoms with Crippen LogP contribution >= 0.6 is 11.6 Å². The van der Waals surface area contributed by atoms with E-state index in [0.717, 1.165) is 44.0 Å². The van der Waals surface area contributed by atoms with Crippen molar-refractivity contribution in [2.75, 3.05) is 42.9 Å². The summed E-state index contributed by atoms with van der Waals surface area (Å²) in [5.41, 5.74) is 2.79. The third kappa shape index (κ3) is 4.43. The van der Waals surface area contributed by atoms with Gasteiger partial charge in [-0.2, -0.15) is 0 Å². The lowest BCUT2D eigenvalue weighted by molar-refractivity contribution is -0.384. The summed E-state index contributed by atoms with van der Waals surface area (Å²) in [5, 5.41) is 13.8. The Morgan fingerprint density at radius 2 is 1.89 bits per heavy atom. The second-order valence-electron chi connectivity index (χ2n) is 6.80. The smallest absolute Gasteiger partial charge is 0.288 e. The summed E-state index contributed by atoms with van der Waals surface area (Å²) in [6.07, 6.45) is 0. The van der Waals surface area contributed by atoms with Crippen molar-refractivity contribution in [3.63, 3.8) is 0 Å². The molecule has 7 nitrogen and oxygen atoms in total. The number of nitrogens with one attached hydrogen (secondary N) is 1. The zero-order valence-corrected chi connectivity index (χ0v) is 16.7. The van der Waals surface area contributed by atoms with E-state index in [0.29, 0.717) is 5.69 Å². The highest BCUT2D eigenvalue weighted by Gasteiger charge is 2.19. The predicted molar refractivity (Wildman–Crippen MR) is 112 cm³/mol. The standard InChI is InChI=1S/C20H23ClN4O3/c1-3-23-8-10-24(11-9-23)18-7-5-16(12-14(18)2)22-20(26)15-4-6-17(21)19(13-15)25(27)28/h4-7,12-13H,3,8-11H2,1-2H3,(H,22,26). The second kappa shape index (κ2) is 8.58. The quantitative estimate of drug-likeness (QED) is 0.605. The van der Waals surface area contributed by atoms with Gasteiger partial charge in [-0.25, -0.2) is 0 Å². The average molecular weight is 403 g/mol. The Morgan fingerprint density at radius 1 is 1.18 bits per heavy atom. The Kier molecular flexibility index (Phi) is 6.16. The molecule has 2 aromatic rings. The first-order valence-corrected chi connectivity index (χ1v) is 9.60. The SMILES string of the molecule is CCN1CCN(c2ccc(NC(=O)c3ccc(Cl)c([N+](=O)[O-])c3)cc2C)CC1. The minimum absolute atomic E-state index is 0.00455. The number of rotatable bonds is 5. The third-order valence-electron chi connectivity index (χ3n) is 5.02. The number of piperazine rings is 1. The van der Waals surface area contributed by atoms with Crippen molar-refractivity contribution in [3.8, 4) is 0 Å².